The minimum Gasteiger partial charge on any atom is -0.398 e. The second-order valence-corrected chi connectivity index (χ2v) is 6.53. The number of anilines is 1. The third-order valence-corrected chi connectivity index (χ3v) is 4.78. The van der Waals surface area contributed by atoms with E-state index in [0.29, 0.717) is 18.7 Å². The number of aryl methyl sites for hydroxylation is 1. The summed E-state index contributed by atoms with van der Waals surface area (Å²) in [6.07, 6.45) is 0.578. The summed E-state index contributed by atoms with van der Waals surface area (Å²) in [4.78, 5) is 0.00142. The SMILES string of the molecule is COCCC(C)NS(=O)(=O)c1cc(N)c(C)cc1Cl. The Labute approximate surface area is 119 Å². The number of nitrogens with two attached hydrogens (primary N) is 1. The van der Waals surface area contributed by atoms with E-state index < -0.39 is 10.0 Å². The molecule has 1 rings (SSSR count). The second-order valence-electron chi connectivity index (χ2n) is 4.44. The van der Waals surface area contributed by atoms with Crippen molar-refractivity contribution in [3.05, 3.63) is 22.7 Å². The third-order valence-electron chi connectivity index (χ3n) is 2.72. The highest BCUT2D eigenvalue weighted by Crippen LogP contribution is 2.26. The van der Waals surface area contributed by atoms with Crippen LogP contribution in [0.5, 0.6) is 0 Å². The number of sulfonamides is 1. The van der Waals surface area contributed by atoms with Gasteiger partial charge in [-0.25, -0.2) is 13.1 Å². The maximum Gasteiger partial charge on any atom is 0.242 e. The Hall–Kier alpha value is -0.820. The summed E-state index contributed by atoms with van der Waals surface area (Å²) < 4.78 is 31.9. The van der Waals surface area contributed by atoms with Crippen LogP contribution in [0.4, 0.5) is 5.69 Å². The fraction of sp³-hybridized carbons (Fsp3) is 0.500. The lowest BCUT2D eigenvalue weighted by atomic mass is 10.2. The van der Waals surface area contributed by atoms with E-state index in [-0.39, 0.29) is 16.0 Å². The van der Waals surface area contributed by atoms with Gasteiger partial charge in [0.25, 0.3) is 0 Å². The van der Waals surface area contributed by atoms with Crippen LogP contribution in [0.1, 0.15) is 18.9 Å². The van der Waals surface area contributed by atoms with Crippen molar-refractivity contribution in [2.75, 3.05) is 19.5 Å². The molecule has 7 heteroatoms. The third kappa shape index (κ3) is 4.35. The highest BCUT2D eigenvalue weighted by atomic mass is 35.5. The lowest BCUT2D eigenvalue weighted by Crippen LogP contribution is -2.33. The second kappa shape index (κ2) is 6.56. The molecule has 0 fully saturated rings. The molecule has 108 valence electrons. The molecule has 5 nitrogen and oxygen atoms in total. The molecule has 0 aliphatic carbocycles. The number of nitrogens with one attached hydrogen (secondary N) is 1. The molecule has 0 aliphatic rings. The maximum absolute atomic E-state index is 12.2. The topological polar surface area (TPSA) is 81.4 Å². The van der Waals surface area contributed by atoms with E-state index in [4.69, 9.17) is 22.1 Å². The van der Waals surface area contributed by atoms with Crippen LogP contribution in [-0.2, 0) is 14.8 Å². The Kier molecular flexibility index (Phi) is 5.61. The van der Waals surface area contributed by atoms with E-state index in [2.05, 4.69) is 4.72 Å². The molecule has 1 unspecified atom stereocenters. The zero-order valence-electron chi connectivity index (χ0n) is 11.2. The summed E-state index contributed by atoms with van der Waals surface area (Å²) in [7, 11) is -2.11. The molecule has 3 N–H and O–H groups in total. The van der Waals surface area contributed by atoms with Gasteiger partial charge in [0, 0.05) is 25.4 Å². The molecule has 0 spiro atoms. The minimum absolute atomic E-state index is 0.00142. The van der Waals surface area contributed by atoms with Crippen LogP contribution in [0.2, 0.25) is 5.02 Å². The molecule has 0 aromatic heterocycles. The number of hydrogen-bond acceptors (Lipinski definition) is 4. The fourth-order valence-electron chi connectivity index (χ4n) is 1.56. The molecule has 1 aromatic rings. The molecular weight excluding hydrogens is 288 g/mol. The molecule has 0 amide bonds. The van der Waals surface area contributed by atoms with Gasteiger partial charge in [-0.3, -0.25) is 0 Å². The van der Waals surface area contributed by atoms with Crippen molar-refractivity contribution < 1.29 is 13.2 Å². The molecule has 0 radical (unpaired) electrons. The lowest BCUT2D eigenvalue weighted by Gasteiger charge is -2.15. The van der Waals surface area contributed by atoms with Gasteiger partial charge in [0.1, 0.15) is 4.90 Å². The smallest absolute Gasteiger partial charge is 0.242 e. The maximum atomic E-state index is 12.2. The summed E-state index contributed by atoms with van der Waals surface area (Å²) in [5, 5.41) is 0.165. The Balaban J connectivity index is 2.98. The molecule has 0 aliphatic heterocycles. The van der Waals surface area contributed by atoms with Crippen LogP contribution in [0.25, 0.3) is 0 Å². The molecule has 19 heavy (non-hydrogen) atoms. The van der Waals surface area contributed by atoms with Crippen molar-refractivity contribution in [2.24, 2.45) is 0 Å². The van der Waals surface area contributed by atoms with Crippen molar-refractivity contribution >= 4 is 27.3 Å². The van der Waals surface area contributed by atoms with Gasteiger partial charge in [-0.05, 0) is 38.0 Å². The van der Waals surface area contributed by atoms with Gasteiger partial charge in [0.05, 0.1) is 5.02 Å². The predicted octanol–water partition coefficient (Wildman–Crippen LogP) is 1.93. The highest BCUT2D eigenvalue weighted by molar-refractivity contribution is 7.89. The van der Waals surface area contributed by atoms with E-state index in [1.54, 1.807) is 27.0 Å². The van der Waals surface area contributed by atoms with Crippen LogP contribution >= 0.6 is 11.6 Å². The summed E-state index contributed by atoms with van der Waals surface area (Å²) in [5.74, 6) is 0. The average molecular weight is 307 g/mol. The van der Waals surface area contributed by atoms with Crippen LogP contribution < -0.4 is 10.5 Å². The van der Waals surface area contributed by atoms with Gasteiger partial charge >= 0.3 is 0 Å². The first-order valence-electron chi connectivity index (χ1n) is 5.85. The molecule has 0 bridgehead atoms. The lowest BCUT2D eigenvalue weighted by molar-refractivity contribution is 0.188. The average Bonchev–Trinajstić information content (AvgIpc) is 2.30. The Morgan fingerprint density at radius 1 is 1.47 bits per heavy atom. The van der Waals surface area contributed by atoms with Gasteiger partial charge in [-0.15, -0.1) is 0 Å². The molecule has 1 aromatic carbocycles. The first-order chi connectivity index (χ1) is 8.77. The van der Waals surface area contributed by atoms with E-state index in [1.165, 1.54) is 6.07 Å². The summed E-state index contributed by atoms with van der Waals surface area (Å²) in [6.45, 7) is 4.02. The van der Waals surface area contributed by atoms with E-state index in [1.807, 2.05) is 0 Å². The van der Waals surface area contributed by atoms with Crippen LogP contribution in [0.15, 0.2) is 17.0 Å². The van der Waals surface area contributed by atoms with Gasteiger partial charge in [0.15, 0.2) is 0 Å². The molecule has 0 saturated heterocycles. The number of methoxy groups -OCH3 is 1. The molecular formula is C12H19ClN2O3S. The summed E-state index contributed by atoms with van der Waals surface area (Å²) >= 11 is 5.97. The molecule has 0 heterocycles. The van der Waals surface area contributed by atoms with Crippen molar-refractivity contribution in [1.29, 1.82) is 0 Å². The fourth-order valence-corrected chi connectivity index (χ4v) is 3.45. The summed E-state index contributed by atoms with van der Waals surface area (Å²) in [6, 6.07) is 2.68. The minimum atomic E-state index is -3.68. The van der Waals surface area contributed by atoms with E-state index in [9.17, 15) is 8.42 Å². The highest BCUT2D eigenvalue weighted by Gasteiger charge is 2.21. The molecule has 1 atom stereocenters. The normalized spacial score (nSPS) is 13.5. The van der Waals surface area contributed by atoms with Crippen molar-refractivity contribution in [1.82, 2.24) is 4.72 Å². The quantitative estimate of drug-likeness (QED) is 0.787. The Morgan fingerprint density at radius 3 is 2.68 bits per heavy atom. The predicted molar refractivity (Wildman–Crippen MR) is 76.9 cm³/mol. The van der Waals surface area contributed by atoms with Crippen LogP contribution in [0, 0.1) is 6.92 Å². The van der Waals surface area contributed by atoms with Crippen LogP contribution in [-0.4, -0.2) is 28.2 Å². The standard InChI is InChI=1S/C12H19ClN2O3S/c1-8-6-10(13)12(7-11(8)14)19(16,17)15-9(2)4-5-18-3/h6-7,9,15H,4-5,14H2,1-3H3. The van der Waals surface area contributed by atoms with Gasteiger partial charge in [0.2, 0.25) is 10.0 Å². The Bertz CT molecular complexity index is 546. The largest absolute Gasteiger partial charge is 0.398 e. The number of nitrogen functional groups attached to an aromatic ring is 1. The zero-order valence-corrected chi connectivity index (χ0v) is 12.8. The number of ether oxygens (including phenoxy) is 1. The van der Waals surface area contributed by atoms with E-state index >= 15 is 0 Å². The van der Waals surface area contributed by atoms with E-state index in [0.717, 1.165) is 5.56 Å². The number of halogens is 1. The Morgan fingerprint density at radius 2 is 2.11 bits per heavy atom. The van der Waals surface area contributed by atoms with Crippen molar-refractivity contribution in [3.8, 4) is 0 Å². The number of rotatable bonds is 6. The number of hydrogen-bond donors (Lipinski definition) is 2. The van der Waals surface area contributed by atoms with Crippen molar-refractivity contribution in [3.63, 3.8) is 0 Å². The number of benzene rings is 1. The monoisotopic (exact) mass is 306 g/mol. The molecule has 0 saturated carbocycles. The van der Waals surface area contributed by atoms with Crippen molar-refractivity contribution in [2.45, 2.75) is 31.2 Å². The van der Waals surface area contributed by atoms with Gasteiger partial charge < -0.3 is 10.5 Å². The zero-order chi connectivity index (χ0) is 14.6. The first kappa shape index (κ1) is 16.2. The van der Waals surface area contributed by atoms with Crippen LogP contribution in [0.3, 0.4) is 0 Å². The van der Waals surface area contributed by atoms with Gasteiger partial charge in [-0.2, -0.15) is 0 Å². The van der Waals surface area contributed by atoms with Gasteiger partial charge in [-0.1, -0.05) is 11.6 Å². The first-order valence-corrected chi connectivity index (χ1v) is 7.71. The summed E-state index contributed by atoms with van der Waals surface area (Å²) in [5.41, 5.74) is 6.87.